The maximum atomic E-state index is 13.1. The predicted molar refractivity (Wildman–Crippen MR) is 73.9 cm³/mol. The second kappa shape index (κ2) is 7.38. The van der Waals surface area contributed by atoms with Crippen molar-refractivity contribution in [1.82, 2.24) is 0 Å². The van der Waals surface area contributed by atoms with Crippen LogP contribution in [-0.4, -0.2) is 6.17 Å². The number of rotatable bonds is 6. The molecule has 1 heteroatoms. The quantitative estimate of drug-likeness (QED) is 0.567. The van der Waals surface area contributed by atoms with Gasteiger partial charge in [0.15, 0.2) is 0 Å². The predicted octanol–water partition coefficient (Wildman–Crippen LogP) is 5.61. The summed E-state index contributed by atoms with van der Waals surface area (Å²) < 4.78 is 13.1. The lowest BCUT2D eigenvalue weighted by Gasteiger charge is -2.29. The first-order valence-corrected chi connectivity index (χ1v) is 7.63. The molecule has 0 radical (unpaired) electrons. The molecule has 1 rings (SSSR count). The van der Waals surface area contributed by atoms with Crippen LogP contribution in [0.1, 0.15) is 72.6 Å². The summed E-state index contributed by atoms with van der Waals surface area (Å²) in [6, 6.07) is 0. The van der Waals surface area contributed by atoms with Gasteiger partial charge in [0, 0.05) is 0 Å². The topological polar surface area (TPSA) is 0 Å². The van der Waals surface area contributed by atoms with E-state index in [1.54, 1.807) is 6.92 Å². The van der Waals surface area contributed by atoms with Gasteiger partial charge in [-0.25, -0.2) is 4.39 Å². The number of hydrogen-bond acceptors (Lipinski definition) is 0. The second-order valence-corrected chi connectivity index (χ2v) is 6.72. The maximum Gasteiger partial charge on any atom is 0.0976 e. The molecular formula is C16H31F. The van der Waals surface area contributed by atoms with Crippen molar-refractivity contribution in [3.8, 4) is 0 Å². The van der Waals surface area contributed by atoms with E-state index in [0.717, 1.165) is 18.3 Å². The van der Waals surface area contributed by atoms with Crippen molar-refractivity contribution in [3.63, 3.8) is 0 Å². The number of hydrogen-bond donors (Lipinski definition) is 0. The first kappa shape index (κ1) is 15.0. The van der Waals surface area contributed by atoms with E-state index in [1.165, 1.54) is 38.5 Å². The molecule has 0 amide bonds. The highest BCUT2D eigenvalue weighted by atomic mass is 19.1. The van der Waals surface area contributed by atoms with Crippen LogP contribution in [0.15, 0.2) is 0 Å². The molecule has 2 unspecified atom stereocenters. The summed E-state index contributed by atoms with van der Waals surface area (Å²) in [5.74, 6) is 3.10. The Hall–Kier alpha value is -0.0700. The number of halogens is 1. The van der Waals surface area contributed by atoms with E-state index in [-0.39, 0.29) is 0 Å². The van der Waals surface area contributed by atoms with Gasteiger partial charge >= 0.3 is 0 Å². The SMILES string of the molecule is CC(F)CC(CCC1CCC(C)CC1)C(C)C. The highest BCUT2D eigenvalue weighted by Crippen LogP contribution is 2.34. The summed E-state index contributed by atoms with van der Waals surface area (Å²) in [5.41, 5.74) is 0. The van der Waals surface area contributed by atoms with Crippen molar-refractivity contribution in [3.05, 3.63) is 0 Å². The van der Waals surface area contributed by atoms with Crippen molar-refractivity contribution in [2.24, 2.45) is 23.7 Å². The fraction of sp³-hybridized carbons (Fsp3) is 1.00. The van der Waals surface area contributed by atoms with E-state index in [4.69, 9.17) is 0 Å². The van der Waals surface area contributed by atoms with Crippen molar-refractivity contribution < 1.29 is 4.39 Å². The lowest BCUT2D eigenvalue weighted by Crippen LogP contribution is -2.17. The molecule has 0 saturated heterocycles. The van der Waals surface area contributed by atoms with E-state index in [0.29, 0.717) is 11.8 Å². The monoisotopic (exact) mass is 242 g/mol. The molecule has 0 aromatic carbocycles. The van der Waals surface area contributed by atoms with E-state index in [9.17, 15) is 4.39 Å². The summed E-state index contributed by atoms with van der Waals surface area (Å²) in [7, 11) is 0. The molecular weight excluding hydrogens is 211 g/mol. The fourth-order valence-electron chi connectivity index (χ4n) is 3.21. The van der Waals surface area contributed by atoms with Crippen LogP contribution in [0, 0.1) is 23.7 Å². The van der Waals surface area contributed by atoms with Crippen LogP contribution in [0.4, 0.5) is 4.39 Å². The fourth-order valence-corrected chi connectivity index (χ4v) is 3.21. The zero-order valence-corrected chi connectivity index (χ0v) is 12.2. The van der Waals surface area contributed by atoms with Gasteiger partial charge in [-0.05, 0) is 43.4 Å². The molecule has 0 aromatic rings. The Morgan fingerprint density at radius 1 is 1.06 bits per heavy atom. The first-order chi connectivity index (χ1) is 7.99. The maximum absolute atomic E-state index is 13.1. The van der Waals surface area contributed by atoms with Gasteiger partial charge in [0.1, 0.15) is 0 Å². The van der Waals surface area contributed by atoms with E-state index < -0.39 is 6.17 Å². The van der Waals surface area contributed by atoms with Crippen LogP contribution in [0.5, 0.6) is 0 Å². The summed E-state index contributed by atoms with van der Waals surface area (Å²) in [6.45, 7) is 8.57. The van der Waals surface area contributed by atoms with Crippen LogP contribution >= 0.6 is 0 Å². The molecule has 0 N–H and O–H groups in total. The summed E-state index contributed by atoms with van der Waals surface area (Å²) in [5, 5.41) is 0. The molecule has 0 bridgehead atoms. The molecule has 0 heterocycles. The molecule has 0 aromatic heterocycles. The van der Waals surface area contributed by atoms with E-state index >= 15 is 0 Å². The normalized spacial score (nSPS) is 29.3. The van der Waals surface area contributed by atoms with E-state index in [1.807, 2.05) is 0 Å². The lowest BCUT2D eigenvalue weighted by atomic mass is 9.77. The molecule has 1 aliphatic rings. The van der Waals surface area contributed by atoms with Crippen LogP contribution in [0.2, 0.25) is 0 Å². The molecule has 0 spiro atoms. The molecule has 0 aliphatic heterocycles. The van der Waals surface area contributed by atoms with Gasteiger partial charge in [0.05, 0.1) is 6.17 Å². The number of alkyl halides is 1. The Balaban J connectivity index is 2.26. The van der Waals surface area contributed by atoms with Crippen LogP contribution in [0.3, 0.4) is 0 Å². The Morgan fingerprint density at radius 3 is 2.12 bits per heavy atom. The third kappa shape index (κ3) is 5.88. The summed E-state index contributed by atoms with van der Waals surface area (Å²) in [4.78, 5) is 0. The van der Waals surface area contributed by atoms with Crippen LogP contribution in [-0.2, 0) is 0 Å². The Morgan fingerprint density at radius 2 is 1.65 bits per heavy atom. The molecule has 17 heavy (non-hydrogen) atoms. The zero-order valence-electron chi connectivity index (χ0n) is 12.2. The minimum Gasteiger partial charge on any atom is -0.248 e. The highest BCUT2D eigenvalue weighted by Gasteiger charge is 2.21. The third-order valence-corrected chi connectivity index (χ3v) is 4.65. The Kier molecular flexibility index (Phi) is 6.51. The average molecular weight is 242 g/mol. The van der Waals surface area contributed by atoms with Crippen LogP contribution < -0.4 is 0 Å². The summed E-state index contributed by atoms with van der Waals surface area (Å²) in [6.07, 6.45) is 8.36. The molecule has 1 fully saturated rings. The van der Waals surface area contributed by atoms with Gasteiger partial charge < -0.3 is 0 Å². The largest absolute Gasteiger partial charge is 0.248 e. The minimum absolute atomic E-state index is 0.592. The molecule has 0 nitrogen and oxygen atoms in total. The molecule has 1 aliphatic carbocycles. The van der Waals surface area contributed by atoms with Gasteiger partial charge in [-0.3, -0.25) is 0 Å². The zero-order chi connectivity index (χ0) is 12.8. The van der Waals surface area contributed by atoms with Gasteiger partial charge in [-0.15, -0.1) is 0 Å². The minimum atomic E-state index is -0.631. The van der Waals surface area contributed by atoms with Crippen molar-refractivity contribution in [1.29, 1.82) is 0 Å². The average Bonchev–Trinajstić information content (AvgIpc) is 2.25. The molecule has 1 saturated carbocycles. The van der Waals surface area contributed by atoms with Gasteiger partial charge in [0.2, 0.25) is 0 Å². The third-order valence-electron chi connectivity index (χ3n) is 4.65. The summed E-state index contributed by atoms with van der Waals surface area (Å²) >= 11 is 0. The second-order valence-electron chi connectivity index (χ2n) is 6.72. The lowest BCUT2D eigenvalue weighted by molar-refractivity contribution is 0.206. The smallest absolute Gasteiger partial charge is 0.0976 e. The van der Waals surface area contributed by atoms with Gasteiger partial charge in [-0.2, -0.15) is 0 Å². The van der Waals surface area contributed by atoms with Crippen LogP contribution in [0.25, 0.3) is 0 Å². The van der Waals surface area contributed by atoms with Gasteiger partial charge in [-0.1, -0.05) is 52.9 Å². The van der Waals surface area contributed by atoms with Crippen molar-refractivity contribution >= 4 is 0 Å². The standard InChI is InChI=1S/C16H31F/c1-12(2)16(11-14(4)17)10-9-15-7-5-13(3)6-8-15/h12-16H,5-11H2,1-4H3. The Bertz CT molecular complexity index is 190. The first-order valence-electron chi connectivity index (χ1n) is 7.63. The Labute approximate surface area is 107 Å². The molecule has 102 valence electrons. The van der Waals surface area contributed by atoms with Crippen molar-refractivity contribution in [2.45, 2.75) is 78.8 Å². The van der Waals surface area contributed by atoms with Gasteiger partial charge in [0.25, 0.3) is 0 Å². The highest BCUT2D eigenvalue weighted by molar-refractivity contribution is 4.73. The van der Waals surface area contributed by atoms with Crippen molar-refractivity contribution in [2.75, 3.05) is 0 Å². The van der Waals surface area contributed by atoms with E-state index in [2.05, 4.69) is 20.8 Å². The molecule has 2 atom stereocenters.